The average molecular weight is 229 g/mol. The van der Waals surface area contributed by atoms with Crippen molar-refractivity contribution in [3.05, 3.63) is 0 Å². The monoisotopic (exact) mass is 229 g/mol. The Hall–Kier alpha value is -1.10. The summed E-state index contributed by atoms with van der Waals surface area (Å²) in [4.78, 5) is 22.4. The lowest BCUT2D eigenvalue weighted by atomic mass is 9.99. The molecule has 1 aliphatic rings. The SMILES string of the molecule is CC(C)(CC(=O)O)NC(=O)C1CCCCO1. The summed E-state index contributed by atoms with van der Waals surface area (Å²) in [5, 5.41) is 11.4. The van der Waals surface area contributed by atoms with Crippen LogP contribution in [-0.2, 0) is 14.3 Å². The van der Waals surface area contributed by atoms with E-state index in [1.165, 1.54) is 0 Å². The molecule has 1 aliphatic heterocycles. The fourth-order valence-corrected chi connectivity index (χ4v) is 1.78. The summed E-state index contributed by atoms with van der Waals surface area (Å²) in [5.41, 5.74) is -0.732. The molecule has 2 N–H and O–H groups in total. The summed E-state index contributed by atoms with van der Waals surface area (Å²) < 4.78 is 5.33. The first-order valence-electron chi connectivity index (χ1n) is 5.56. The number of hydrogen-bond donors (Lipinski definition) is 2. The topological polar surface area (TPSA) is 75.6 Å². The third kappa shape index (κ3) is 4.18. The van der Waals surface area contributed by atoms with Crippen molar-refractivity contribution in [3.8, 4) is 0 Å². The minimum absolute atomic E-state index is 0.0918. The lowest BCUT2D eigenvalue weighted by molar-refractivity contribution is -0.141. The minimum atomic E-state index is -0.921. The summed E-state index contributed by atoms with van der Waals surface area (Å²) in [6.45, 7) is 4.00. The lowest BCUT2D eigenvalue weighted by Gasteiger charge is -2.28. The van der Waals surface area contributed by atoms with Crippen molar-refractivity contribution in [2.75, 3.05) is 6.61 Å². The average Bonchev–Trinajstić information content (AvgIpc) is 2.16. The summed E-state index contributed by atoms with van der Waals surface area (Å²) >= 11 is 0. The van der Waals surface area contributed by atoms with Gasteiger partial charge < -0.3 is 15.2 Å². The van der Waals surface area contributed by atoms with Crippen molar-refractivity contribution in [1.29, 1.82) is 0 Å². The van der Waals surface area contributed by atoms with E-state index in [1.54, 1.807) is 13.8 Å². The maximum Gasteiger partial charge on any atom is 0.305 e. The molecule has 0 bridgehead atoms. The molecule has 5 heteroatoms. The molecular weight excluding hydrogens is 210 g/mol. The number of carboxylic acid groups (broad SMARTS) is 1. The Kier molecular flexibility index (Phi) is 4.29. The molecule has 1 heterocycles. The highest BCUT2D eigenvalue weighted by Gasteiger charge is 2.29. The van der Waals surface area contributed by atoms with Gasteiger partial charge in [-0.2, -0.15) is 0 Å². The van der Waals surface area contributed by atoms with E-state index in [4.69, 9.17) is 9.84 Å². The number of aliphatic carboxylic acids is 1. The number of amides is 1. The van der Waals surface area contributed by atoms with Gasteiger partial charge in [0.25, 0.3) is 0 Å². The Morgan fingerprint density at radius 1 is 1.44 bits per heavy atom. The van der Waals surface area contributed by atoms with Crippen LogP contribution in [0.25, 0.3) is 0 Å². The minimum Gasteiger partial charge on any atom is -0.481 e. The second-order valence-electron chi connectivity index (χ2n) is 4.80. The van der Waals surface area contributed by atoms with Gasteiger partial charge in [0.05, 0.1) is 6.42 Å². The fraction of sp³-hybridized carbons (Fsp3) is 0.818. The van der Waals surface area contributed by atoms with Crippen molar-refractivity contribution >= 4 is 11.9 Å². The Labute approximate surface area is 95.2 Å². The Morgan fingerprint density at radius 3 is 2.62 bits per heavy atom. The second kappa shape index (κ2) is 5.30. The largest absolute Gasteiger partial charge is 0.481 e. The Morgan fingerprint density at radius 2 is 2.12 bits per heavy atom. The molecule has 92 valence electrons. The molecule has 0 radical (unpaired) electrons. The van der Waals surface area contributed by atoms with Gasteiger partial charge in [-0.15, -0.1) is 0 Å². The third-order valence-electron chi connectivity index (χ3n) is 2.53. The van der Waals surface area contributed by atoms with Crippen molar-refractivity contribution in [1.82, 2.24) is 5.32 Å². The molecule has 1 amide bonds. The summed E-state index contributed by atoms with van der Waals surface area (Å²) in [6, 6.07) is 0. The molecule has 1 rings (SSSR count). The zero-order chi connectivity index (χ0) is 12.2. The molecule has 1 unspecified atom stereocenters. The summed E-state index contributed by atoms with van der Waals surface area (Å²) in [6.07, 6.45) is 2.18. The molecule has 0 aromatic heterocycles. The van der Waals surface area contributed by atoms with Crippen molar-refractivity contribution in [2.45, 2.75) is 51.2 Å². The van der Waals surface area contributed by atoms with Crippen molar-refractivity contribution < 1.29 is 19.4 Å². The zero-order valence-corrected chi connectivity index (χ0v) is 9.78. The van der Waals surface area contributed by atoms with Gasteiger partial charge in [-0.05, 0) is 33.1 Å². The van der Waals surface area contributed by atoms with Crippen LogP contribution in [0.15, 0.2) is 0 Å². The van der Waals surface area contributed by atoms with Crippen LogP contribution in [0, 0.1) is 0 Å². The van der Waals surface area contributed by atoms with Crippen molar-refractivity contribution in [3.63, 3.8) is 0 Å². The lowest BCUT2D eigenvalue weighted by Crippen LogP contribution is -2.50. The van der Waals surface area contributed by atoms with Gasteiger partial charge in [0.1, 0.15) is 6.10 Å². The van der Waals surface area contributed by atoms with Gasteiger partial charge in [-0.25, -0.2) is 0 Å². The fourth-order valence-electron chi connectivity index (χ4n) is 1.78. The molecule has 1 atom stereocenters. The van der Waals surface area contributed by atoms with Gasteiger partial charge in [0.2, 0.25) is 5.91 Å². The normalized spacial score (nSPS) is 21.5. The smallest absolute Gasteiger partial charge is 0.305 e. The van der Waals surface area contributed by atoms with Crippen LogP contribution in [0.1, 0.15) is 39.5 Å². The predicted molar refractivity (Wildman–Crippen MR) is 58.1 cm³/mol. The number of carboxylic acids is 1. The van der Waals surface area contributed by atoms with Crippen LogP contribution in [0.3, 0.4) is 0 Å². The molecule has 1 saturated heterocycles. The zero-order valence-electron chi connectivity index (χ0n) is 9.78. The van der Waals surface area contributed by atoms with Crippen LogP contribution in [0.2, 0.25) is 0 Å². The van der Waals surface area contributed by atoms with E-state index in [0.717, 1.165) is 19.3 Å². The highest BCUT2D eigenvalue weighted by Crippen LogP contribution is 2.15. The molecule has 0 aromatic carbocycles. The second-order valence-corrected chi connectivity index (χ2v) is 4.80. The predicted octanol–water partition coefficient (Wildman–Crippen LogP) is 0.925. The van der Waals surface area contributed by atoms with Crippen molar-refractivity contribution in [2.24, 2.45) is 0 Å². The van der Waals surface area contributed by atoms with Gasteiger partial charge in [0.15, 0.2) is 0 Å². The number of hydrogen-bond acceptors (Lipinski definition) is 3. The van der Waals surface area contributed by atoms with Crippen LogP contribution >= 0.6 is 0 Å². The number of carbonyl (C=O) groups excluding carboxylic acids is 1. The van der Waals surface area contributed by atoms with E-state index in [2.05, 4.69) is 5.32 Å². The molecule has 5 nitrogen and oxygen atoms in total. The highest BCUT2D eigenvalue weighted by molar-refractivity contribution is 5.82. The van der Waals surface area contributed by atoms with E-state index < -0.39 is 17.6 Å². The van der Waals surface area contributed by atoms with E-state index in [9.17, 15) is 9.59 Å². The number of ether oxygens (including phenoxy) is 1. The van der Waals surface area contributed by atoms with Crippen LogP contribution in [0.4, 0.5) is 0 Å². The van der Waals surface area contributed by atoms with Gasteiger partial charge >= 0.3 is 5.97 Å². The van der Waals surface area contributed by atoms with E-state index in [0.29, 0.717) is 6.61 Å². The van der Waals surface area contributed by atoms with E-state index in [-0.39, 0.29) is 12.3 Å². The Bertz CT molecular complexity index is 269. The third-order valence-corrected chi connectivity index (χ3v) is 2.53. The maximum absolute atomic E-state index is 11.8. The Balaban J connectivity index is 2.45. The van der Waals surface area contributed by atoms with Gasteiger partial charge in [-0.1, -0.05) is 0 Å². The van der Waals surface area contributed by atoms with Gasteiger partial charge in [0, 0.05) is 12.1 Å². The first-order chi connectivity index (χ1) is 7.41. The van der Waals surface area contributed by atoms with Crippen LogP contribution < -0.4 is 5.32 Å². The molecular formula is C11H19NO4. The molecule has 0 spiro atoms. The molecule has 16 heavy (non-hydrogen) atoms. The number of rotatable bonds is 4. The molecule has 0 aromatic rings. The number of nitrogens with one attached hydrogen (secondary N) is 1. The van der Waals surface area contributed by atoms with E-state index >= 15 is 0 Å². The standard InChI is InChI=1S/C11H19NO4/c1-11(2,7-9(13)14)12-10(15)8-5-3-4-6-16-8/h8H,3-7H2,1-2H3,(H,12,15)(H,13,14). The van der Waals surface area contributed by atoms with Crippen LogP contribution in [-0.4, -0.2) is 35.2 Å². The van der Waals surface area contributed by atoms with Gasteiger partial charge in [-0.3, -0.25) is 9.59 Å². The summed E-state index contributed by atoms with van der Waals surface area (Å²) in [7, 11) is 0. The number of carbonyl (C=O) groups is 2. The molecule has 0 aliphatic carbocycles. The first kappa shape index (κ1) is 13.0. The molecule has 0 saturated carbocycles. The highest BCUT2D eigenvalue weighted by atomic mass is 16.5. The quantitative estimate of drug-likeness (QED) is 0.751. The van der Waals surface area contributed by atoms with Crippen LogP contribution in [0.5, 0.6) is 0 Å². The van der Waals surface area contributed by atoms with E-state index in [1.807, 2.05) is 0 Å². The first-order valence-corrected chi connectivity index (χ1v) is 5.56. The summed E-state index contributed by atoms with van der Waals surface area (Å²) in [5.74, 6) is -1.12. The maximum atomic E-state index is 11.8. The molecule has 1 fully saturated rings.